The molecule has 0 fully saturated rings. The van der Waals surface area contributed by atoms with Gasteiger partial charge in [0, 0.05) is 25.5 Å². The van der Waals surface area contributed by atoms with Crippen LogP contribution in [0.25, 0.3) is 0 Å². The van der Waals surface area contributed by atoms with Crippen LogP contribution in [0.2, 0.25) is 0 Å². The molecule has 0 atom stereocenters. The zero-order chi connectivity index (χ0) is 13.0. The number of carbonyl (C=O) groups excluding carboxylic acids is 1. The number of anilines is 1. The van der Waals surface area contributed by atoms with Gasteiger partial charge in [0.1, 0.15) is 0 Å². The van der Waals surface area contributed by atoms with Crippen LogP contribution in [0, 0.1) is 6.92 Å². The van der Waals surface area contributed by atoms with Crippen LogP contribution in [-0.2, 0) is 6.54 Å². The van der Waals surface area contributed by atoms with E-state index >= 15 is 0 Å². The minimum absolute atomic E-state index is 0.160. The Morgan fingerprint density at radius 1 is 1.56 bits per heavy atom. The molecule has 6 nitrogen and oxygen atoms in total. The molecular formula is C12H15N5O. The molecule has 0 aliphatic carbocycles. The molecule has 1 amide bonds. The Morgan fingerprint density at radius 2 is 2.39 bits per heavy atom. The molecule has 0 saturated carbocycles. The van der Waals surface area contributed by atoms with E-state index in [9.17, 15) is 4.79 Å². The molecule has 0 radical (unpaired) electrons. The number of hydrogen-bond acceptors (Lipinski definition) is 4. The van der Waals surface area contributed by atoms with Crippen molar-refractivity contribution < 1.29 is 4.79 Å². The van der Waals surface area contributed by atoms with Crippen molar-refractivity contribution in [2.45, 2.75) is 13.5 Å². The third kappa shape index (κ3) is 2.85. The number of nitrogen functional groups attached to an aromatic ring is 1. The molecule has 94 valence electrons. The lowest BCUT2D eigenvalue weighted by Crippen LogP contribution is -2.27. The molecule has 18 heavy (non-hydrogen) atoms. The predicted octanol–water partition coefficient (Wildman–Crippen LogP) is 0.599. The highest BCUT2D eigenvalue weighted by Gasteiger charge is 2.09. The van der Waals surface area contributed by atoms with Crippen molar-refractivity contribution in [2.24, 2.45) is 0 Å². The minimum Gasteiger partial charge on any atom is -0.397 e. The highest BCUT2D eigenvalue weighted by Crippen LogP contribution is 2.08. The van der Waals surface area contributed by atoms with E-state index in [-0.39, 0.29) is 5.91 Å². The molecule has 0 unspecified atom stereocenters. The number of nitrogens with one attached hydrogen (secondary N) is 1. The van der Waals surface area contributed by atoms with Gasteiger partial charge < -0.3 is 15.6 Å². The maximum absolute atomic E-state index is 11.9. The van der Waals surface area contributed by atoms with Crippen molar-refractivity contribution >= 4 is 11.6 Å². The molecule has 2 aromatic rings. The molecule has 0 aliphatic heterocycles. The first-order valence-electron chi connectivity index (χ1n) is 5.63. The maximum atomic E-state index is 11.9. The fraction of sp³-hybridized carbons (Fsp3) is 0.250. The number of imidazole rings is 1. The van der Waals surface area contributed by atoms with E-state index in [0.29, 0.717) is 30.0 Å². The van der Waals surface area contributed by atoms with Crippen molar-refractivity contribution in [2.75, 3.05) is 12.3 Å². The van der Waals surface area contributed by atoms with E-state index in [0.717, 1.165) is 0 Å². The van der Waals surface area contributed by atoms with Crippen LogP contribution in [0.15, 0.2) is 31.0 Å². The monoisotopic (exact) mass is 245 g/mol. The molecule has 0 aliphatic rings. The zero-order valence-electron chi connectivity index (χ0n) is 10.1. The zero-order valence-corrected chi connectivity index (χ0v) is 10.1. The standard InChI is InChI=1S/C12H15N5O/c1-9-11(6-10(13)7-16-9)12(18)15-3-5-17-4-2-14-8-17/h2,4,6-8H,3,5,13H2,1H3,(H,15,18). The average molecular weight is 245 g/mol. The molecule has 0 bridgehead atoms. The second-order valence-electron chi connectivity index (χ2n) is 3.96. The first-order chi connectivity index (χ1) is 8.66. The van der Waals surface area contributed by atoms with E-state index < -0.39 is 0 Å². The number of amides is 1. The van der Waals surface area contributed by atoms with Crippen LogP contribution in [0.3, 0.4) is 0 Å². The van der Waals surface area contributed by atoms with Crippen LogP contribution in [0.5, 0.6) is 0 Å². The van der Waals surface area contributed by atoms with E-state index in [2.05, 4.69) is 15.3 Å². The third-order valence-corrected chi connectivity index (χ3v) is 2.57. The van der Waals surface area contributed by atoms with Crippen molar-refractivity contribution in [1.29, 1.82) is 0 Å². The summed E-state index contributed by atoms with van der Waals surface area (Å²) in [7, 11) is 0. The van der Waals surface area contributed by atoms with Crippen molar-refractivity contribution in [1.82, 2.24) is 19.9 Å². The van der Waals surface area contributed by atoms with Crippen LogP contribution in [0.1, 0.15) is 16.1 Å². The number of nitrogens with two attached hydrogens (primary N) is 1. The summed E-state index contributed by atoms with van der Waals surface area (Å²) in [5.41, 5.74) is 7.29. The number of nitrogens with zero attached hydrogens (tertiary/aromatic N) is 3. The third-order valence-electron chi connectivity index (χ3n) is 2.57. The van der Waals surface area contributed by atoms with Crippen molar-refractivity contribution in [3.05, 3.63) is 42.2 Å². The number of pyridine rings is 1. The van der Waals surface area contributed by atoms with Gasteiger partial charge in [-0.3, -0.25) is 9.78 Å². The molecule has 2 aromatic heterocycles. The van der Waals surface area contributed by atoms with Gasteiger partial charge in [0.2, 0.25) is 0 Å². The van der Waals surface area contributed by atoms with E-state index in [1.807, 2.05) is 10.8 Å². The lowest BCUT2D eigenvalue weighted by atomic mass is 10.2. The highest BCUT2D eigenvalue weighted by molar-refractivity contribution is 5.95. The lowest BCUT2D eigenvalue weighted by Gasteiger charge is -2.08. The van der Waals surface area contributed by atoms with E-state index in [1.165, 1.54) is 6.20 Å². The van der Waals surface area contributed by atoms with E-state index in [1.54, 1.807) is 25.5 Å². The molecule has 2 heterocycles. The summed E-state index contributed by atoms with van der Waals surface area (Å²) in [4.78, 5) is 19.9. The molecule has 0 saturated heterocycles. The molecule has 2 rings (SSSR count). The summed E-state index contributed by atoms with van der Waals surface area (Å²) >= 11 is 0. The Bertz CT molecular complexity index is 535. The molecule has 0 spiro atoms. The molecule has 0 aromatic carbocycles. The Labute approximate surface area is 105 Å². The minimum atomic E-state index is -0.160. The van der Waals surface area contributed by atoms with Gasteiger partial charge in [-0.05, 0) is 13.0 Å². The van der Waals surface area contributed by atoms with Gasteiger partial charge in [-0.2, -0.15) is 0 Å². The SMILES string of the molecule is Cc1ncc(N)cc1C(=O)NCCn1ccnc1. The highest BCUT2D eigenvalue weighted by atomic mass is 16.1. The Kier molecular flexibility index (Phi) is 3.57. The number of aryl methyl sites for hydroxylation is 1. The first-order valence-corrected chi connectivity index (χ1v) is 5.63. The summed E-state index contributed by atoms with van der Waals surface area (Å²) < 4.78 is 1.89. The van der Waals surface area contributed by atoms with Crippen LogP contribution in [-0.4, -0.2) is 27.0 Å². The summed E-state index contributed by atoms with van der Waals surface area (Å²) in [6.07, 6.45) is 6.80. The number of hydrogen-bond donors (Lipinski definition) is 2. The van der Waals surface area contributed by atoms with Crippen LogP contribution < -0.4 is 11.1 Å². The van der Waals surface area contributed by atoms with Crippen molar-refractivity contribution in [3.8, 4) is 0 Å². The smallest absolute Gasteiger partial charge is 0.253 e. The largest absolute Gasteiger partial charge is 0.397 e. The second kappa shape index (κ2) is 5.31. The summed E-state index contributed by atoms with van der Waals surface area (Å²) in [5, 5.41) is 2.82. The van der Waals surface area contributed by atoms with Crippen LogP contribution >= 0.6 is 0 Å². The van der Waals surface area contributed by atoms with Crippen LogP contribution in [0.4, 0.5) is 5.69 Å². The van der Waals surface area contributed by atoms with Gasteiger partial charge in [-0.15, -0.1) is 0 Å². The molecule has 6 heteroatoms. The van der Waals surface area contributed by atoms with Gasteiger partial charge in [0.15, 0.2) is 0 Å². The molecule has 3 N–H and O–H groups in total. The molecular weight excluding hydrogens is 230 g/mol. The Balaban J connectivity index is 1.93. The Morgan fingerprint density at radius 3 is 3.11 bits per heavy atom. The summed E-state index contributed by atoms with van der Waals surface area (Å²) in [6.45, 7) is 2.99. The number of carbonyl (C=O) groups is 1. The van der Waals surface area contributed by atoms with Gasteiger partial charge in [0.05, 0.1) is 29.5 Å². The first kappa shape index (κ1) is 12.1. The average Bonchev–Trinajstić information content (AvgIpc) is 2.85. The number of aromatic nitrogens is 3. The van der Waals surface area contributed by atoms with Gasteiger partial charge in [0.25, 0.3) is 5.91 Å². The lowest BCUT2D eigenvalue weighted by molar-refractivity contribution is 0.0951. The predicted molar refractivity (Wildman–Crippen MR) is 67.9 cm³/mol. The normalized spacial score (nSPS) is 10.3. The van der Waals surface area contributed by atoms with Gasteiger partial charge in [-0.1, -0.05) is 0 Å². The van der Waals surface area contributed by atoms with Gasteiger partial charge >= 0.3 is 0 Å². The second-order valence-corrected chi connectivity index (χ2v) is 3.96. The fourth-order valence-electron chi connectivity index (χ4n) is 1.59. The topological polar surface area (TPSA) is 85.8 Å². The fourth-order valence-corrected chi connectivity index (χ4v) is 1.59. The maximum Gasteiger partial charge on any atom is 0.253 e. The quantitative estimate of drug-likeness (QED) is 0.825. The van der Waals surface area contributed by atoms with Crippen molar-refractivity contribution in [3.63, 3.8) is 0 Å². The van der Waals surface area contributed by atoms with Gasteiger partial charge in [-0.25, -0.2) is 4.98 Å². The summed E-state index contributed by atoms with van der Waals surface area (Å²) in [6, 6.07) is 1.63. The summed E-state index contributed by atoms with van der Waals surface area (Å²) in [5.74, 6) is -0.160. The number of rotatable bonds is 4. The Hall–Kier alpha value is -2.37. The van der Waals surface area contributed by atoms with E-state index in [4.69, 9.17) is 5.73 Å².